The van der Waals surface area contributed by atoms with Gasteiger partial charge in [0, 0.05) is 32.0 Å². The van der Waals surface area contributed by atoms with Crippen molar-refractivity contribution in [2.24, 2.45) is 7.05 Å². The highest BCUT2D eigenvalue weighted by Gasteiger charge is 2.55. The average Bonchev–Trinajstić information content (AvgIpc) is 3.56. The van der Waals surface area contributed by atoms with Gasteiger partial charge >= 0.3 is 23.8 Å². The minimum absolute atomic E-state index is 0.0885. The van der Waals surface area contributed by atoms with E-state index in [0.717, 1.165) is 13.1 Å². The highest BCUT2D eigenvalue weighted by atomic mass is 35.5. The Bertz CT molecular complexity index is 1310. The summed E-state index contributed by atoms with van der Waals surface area (Å²) in [4.78, 5) is 48.7. The largest absolute Gasteiger partial charge is 0.474 e. The molecular weight excluding hydrogens is 504 g/mol. The van der Waals surface area contributed by atoms with Gasteiger partial charge in [-0.2, -0.15) is 13.2 Å². The van der Waals surface area contributed by atoms with Crippen molar-refractivity contribution in [1.29, 1.82) is 0 Å². The molecule has 2 aromatic rings. The fraction of sp³-hybridized carbons (Fsp3) is 0.333. The zero-order chi connectivity index (χ0) is 26.1. The maximum absolute atomic E-state index is 14.6. The normalized spacial score (nSPS) is 14.2. The number of benzene rings is 1. The highest BCUT2D eigenvalue weighted by molar-refractivity contribution is 6.32. The standard InChI is InChI=1S/C21H17ClF4N2O7/c1-3-6-33-17(30)10-34-18(31)20(4-5-20)35-14-8-13(12(23)7-11(14)22)28-16(29)9-15(21(24,25)26)27(2)19(28)32/h3,7-9H,1,4-6,10H2,2H3. The van der Waals surface area contributed by atoms with Crippen molar-refractivity contribution in [2.45, 2.75) is 24.6 Å². The molecule has 1 aromatic carbocycles. The lowest BCUT2D eigenvalue weighted by Gasteiger charge is -2.19. The molecular formula is C21H17ClF4N2O7. The first-order chi connectivity index (χ1) is 16.3. The van der Waals surface area contributed by atoms with E-state index in [1.165, 1.54) is 6.08 Å². The number of rotatable bonds is 8. The predicted octanol–water partition coefficient (Wildman–Crippen LogP) is 2.53. The molecule has 1 aromatic heterocycles. The smallest absolute Gasteiger partial charge is 0.431 e. The molecule has 188 valence electrons. The molecule has 1 aliphatic carbocycles. The van der Waals surface area contributed by atoms with E-state index in [0.29, 0.717) is 6.07 Å². The Labute approximate surface area is 199 Å². The minimum atomic E-state index is -5.00. The summed E-state index contributed by atoms with van der Waals surface area (Å²) >= 11 is 5.99. The number of ether oxygens (including phenoxy) is 3. The molecule has 0 unspecified atom stereocenters. The maximum atomic E-state index is 14.6. The first kappa shape index (κ1) is 26.0. The third-order valence-corrected chi connectivity index (χ3v) is 5.21. The van der Waals surface area contributed by atoms with Crippen molar-refractivity contribution in [1.82, 2.24) is 9.13 Å². The average molecular weight is 521 g/mol. The molecule has 0 spiro atoms. The number of aromatic nitrogens is 2. The summed E-state index contributed by atoms with van der Waals surface area (Å²) in [6.45, 7) is 2.56. The third-order valence-electron chi connectivity index (χ3n) is 4.92. The molecule has 1 aliphatic rings. The number of hydrogen-bond donors (Lipinski definition) is 0. The van der Waals surface area contributed by atoms with E-state index in [1.807, 2.05) is 0 Å². The fourth-order valence-electron chi connectivity index (χ4n) is 3.01. The van der Waals surface area contributed by atoms with E-state index in [4.69, 9.17) is 21.1 Å². The SMILES string of the molecule is C=CCOC(=O)COC(=O)C1(Oc2cc(-n3c(=O)cc(C(F)(F)F)n(C)c3=O)c(F)cc2Cl)CC1. The second kappa shape index (κ2) is 9.56. The monoisotopic (exact) mass is 520 g/mol. The summed E-state index contributed by atoms with van der Waals surface area (Å²) in [5.41, 5.74) is -6.78. The number of carbonyl (C=O) groups excluding carboxylic acids is 2. The highest BCUT2D eigenvalue weighted by Crippen LogP contribution is 2.44. The molecule has 14 heteroatoms. The number of nitrogens with zero attached hydrogens (tertiary/aromatic N) is 2. The van der Waals surface area contributed by atoms with Gasteiger partial charge in [-0.05, 0) is 6.07 Å². The summed E-state index contributed by atoms with van der Waals surface area (Å²) < 4.78 is 69.3. The van der Waals surface area contributed by atoms with Gasteiger partial charge in [0.15, 0.2) is 6.61 Å². The van der Waals surface area contributed by atoms with Crippen molar-refractivity contribution in [3.8, 4) is 11.4 Å². The molecule has 0 N–H and O–H groups in total. The first-order valence-corrected chi connectivity index (χ1v) is 10.2. The molecule has 3 rings (SSSR count). The van der Waals surface area contributed by atoms with Gasteiger partial charge in [0.05, 0.1) is 10.7 Å². The van der Waals surface area contributed by atoms with Crippen molar-refractivity contribution in [2.75, 3.05) is 13.2 Å². The molecule has 0 bridgehead atoms. The summed E-state index contributed by atoms with van der Waals surface area (Å²) in [7, 11) is 0.765. The molecule has 1 saturated carbocycles. The number of carbonyl (C=O) groups is 2. The Balaban J connectivity index is 1.93. The molecule has 0 aliphatic heterocycles. The van der Waals surface area contributed by atoms with Gasteiger partial charge in [-0.3, -0.25) is 9.36 Å². The molecule has 35 heavy (non-hydrogen) atoms. The van der Waals surface area contributed by atoms with Gasteiger partial charge in [-0.15, -0.1) is 0 Å². The van der Waals surface area contributed by atoms with Crippen LogP contribution in [0.4, 0.5) is 17.6 Å². The van der Waals surface area contributed by atoms with Gasteiger partial charge in [-0.1, -0.05) is 24.3 Å². The summed E-state index contributed by atoms with van der Waals surface area (Å²) in [5.74, 6) is -3.34. The van der Waals surface area contributed by atoms with Crippen LogP contribution in [0.25, 0.3) is 5.69 Å². The quantitative estimate of drug-likeness (QED) is 0.299. The van der Waals surface area contributed by atoms with Crippen LogP contribution in [-0.2, 0) is 32.3 Å². The third kappa shape index (κ3) is 5.39. The fourth-order valence-corrected chi connectivity index (χ4v) is 3.20. The zero-order valence-corrected chi connectivity index (χ0v) is 18.7. The minimum Gasteiger partial charge on any atom is -0.474 e. The van der Waals surface area contributed by atoms with E-state index >= 15 is 0 Å². The van der Waals surface area contributed by atoms with Crippen LogP contribution in [0.15, 0.2) is 40.4 Å². The second-order valence-electron chi connectivity index (χ2n) is 7.42. The molecule has 0 amide bonds. The Morgan fingerprint density at radius 2 is 1.86 bits per heavy atom. The molecule has 0 atom stereocenters. The number of halogens is 5. The van der Waals surface area contributed by atoms with Crippen LogP contribution in [0.5, 0.6) is 5.75 Å². The van der Waals surface area contributed by atoms with Crippen molar-refractivity contribution >= 4 is 23.5 Å². The van der Waals surface area contributed by atoms with Crippen LogP contribution in [0.1, 0.15) is 18.5 Å². The lowest BCUT2D eigenvalue weighted by Crippen LogP contribution is -2.41. The van der Waals surface area contributed by atoms with Crippen LogP contribution in [0.2, 0.25) is 5.02 Å². The van der Waals surface area contributed by atoms with Gasteiger partial charge < -0.3 is 14.2 Å². The van der Waals surface area contributed by atoms with E-state index in [1.54, 1.807) is 0 Å². The molecule has 0 radical (unpaired) electrons. The topological polar surface area (TPSA) is 106 Å². The number of alkyl halides is 3. The van der Waals surface area contributed by atoms with E-state index in [2.05, 4.69) is 11.3 Å². The van der Waals surface area contributed by atoms with Crippen molar-refractivity contribution in [3.05, 3.63) is 68.2 Å². The second-order valence-corrected chi connectivity index (χ2v) is 7.83. The predicted molar refractivity (Wildman–Crippen MR) is 112 cm³/mol. The lowest BCUT2D eigenvalue weighted by atomic mass is 10.2. The van der Waals surface area contributed by atoms with Gasteiger partial charge in [-0.25, -0.2) is 23.3 Å². The van der Waals surface area contributed by atoms with Crippen LogP contribution >= 0.6 is 11.6 Å². The Morgan fingerprint density at radius 3 is 2.43 bits per heavy atom. The Hall–Kier alpha value is -3.61. The molecule has 0 saturated heterocycles. The van der Waals surface area contributed by atoms with Crippen molar-refractivity contribution < 1.29 is 41.4 Å². The van der Waals surface area contributed by atoms with Gasteiger partial charge in [0.1, 0.15) is 23.9 Å². The van der Waals surface area contributed by atoms with Crippen LogP contribution in [0.3, 0.4) is 0 Å². The summed E-state index contributed by atoms with van der Waals surface area (Å²) in [6, 6.07) is 1.62. The number of esters is 2. The Kier molecular flexibility index (Phi) is 7.11. The first-order valence-electron chi connectivity index (χ1n) is 9.83. The van der Waals surface area contributed by atoms with Crippen LogP contribution in [0, 0.1) is 5.82 Å². The zero-order valence-electron chi connectivity index (χ0n) is 18.0. The van der Waals surface area contributed by atoms with Gasteiger partial charge in [0.2, 0.25) is 5.60 Å². The Morgan fingerprint density at radius 1 is 1.20 bits per heavy atom. The molecule has 9 nitrogen and oxygen atoms in total. The number of hydrogen-bond acceptors (Lipinski definition) is 7. The molecule has 1 heterocycles. The lowest BCUT2D eigenvalue weighted by molar-refractivity contribution is -0.164. The van der Waals surface area contributed by atoms with E-state index < -0.39 is 58.8 Å². The summed E-state index contributed by atoms with van der Waals surface area (Å²) in [5, 5.41) is -0.354. The van der Waals surface area contributed by atoms with E-state index in [9.17, 15) is 36.7 Å². The maximum Gasteiger partial charge on any atom is 0.431 e. The van der Waals surface area contributed by atoms with Crippen LogP contribution < -0.4 is 16.0 Å². The van der Waals surface area contributed by atoms with Gasteiger partial charge in [0.25, 0.3) is 5.56 Å². The van der Waals surface area contributed by atoms with E-state index in [-0.39, 0.29) is 45.4 Å². The van der Waals surface area contributed by atoms with Crippen LogP contribution in [-0.4, -0.2) is 39.9 Å². The van der Waals surface area contributed by atoms with Crippen molar-refractivity contribution in [3.63, 3.8) is 0 Å². The molecule has 1 fully saturated rings. The summed E-state index contributed by atoms with van der Waals surface area (Å²) in [6.07, 6.45) is -3.42.